The minimum atomic E-state index is 0.685. The van der Waals surface area contributed by atoms with Crippen LogP contribution in [-0.2, 0) is 0 Å². The van der Waals surface area contributed by atoms with E-state index in [1.54, 1.807) is 5.51 Å². The van der Waals surface area contributed by atoms with Crippen LogP contribution in [0.1, 0.15) is 12.8 Å². The van der Waals surface area contributed by atoms with Crippen LogP contribution in [0.25, 0.3) is 0 Å². The van der Waals surface area contributed by atoms with Crippen molar-refractivity contribution < 1.29 is 4.74 Å². The summed E-state index contributed by atoms with van der Waals surface area (Å²) in [4.78, 5) is 0. The van der Waals surface area contributed by atoms with E-state index in [1.807, 2.05) is 0 Å². The van der Waals surface area contributed by atoms with Gasteiger partial charge >= 0.3 is 0 Å². The van der Waals surface area contributed by atoms with Gasteiger partial charge in [0.05, 0.1) is 6.61 Å². The smallest absolute Gasteiger partial charge is 0.293 e. The fraction of sp³-hybridized carbons (Fsp3) is 0.750. The average Bonchev–Trinajstić information content (AvgIpc) is 2.69. The normalized spacial score (nSPS) is 18.8. The molecule has 1 saturated heterocycles. The highest BCUT2D eigenvalue weighted by molar-refractivity contribution is 7.11. The van der Waals surface area contributed by atoms with Crippen molar-refractivity contribution in [1.29, 1.82) is 0 Å². The maximum Gasteiger partial charge on any atom is 0.293 e. The molecule has 1 aliphatic heterocycles. The van der Waals surface area contributed by atoms with E-state index in [0.29, 0.717) is 11.1 Å². The van der Waals surface area contributed by atoms with Gasteiger partial charge in [-0.1, -0.05) is 11.3 Å². The molecule has 0 unspecified atom stereocenters. The molecule has 5 heteroatoms. The third kappa shape index (κ3) is 2.63. The zero-order chi connectivity index (χ0) is 8.93. The lowest BCUT2D eigenvalue weighted by molar-refractivity contribution is 0.213. The fourth-order valence-electron chi connectivity index (χ4n) is 1.46. The van der Waals surface area contributed by atoms with Crippen molar-refractivity contribution in [2.24, 2.45) is 5.92 Å². The highest BCUT2D eigenvalue weighted by atomic mass is 32.1. The first-order chi connectivity index (χ1) is 6.45. The van der Waals surface area contributed by atoms with Crippen LogP contribution in [-0.4, -0.2) is 29.9 Å². The van der Waals surface area contributed by atoms with Gasteiger partial charge in [-0.2, -0.15) is 0 Å². The Labute approximate surface area is 81.3 Å². The largest absolute Gasteiger partial charge is 0.469 e. The van der Waals surface area contributed by atoms with Crippen LogP contribution >= 0.6 is 11.3 Å². The first kappa shape index (κ1) is 8.90. The second-order valence-corrected chi connectivity index (χ2v) is 4.00. The third-order valence-corrected chi connectivity index (χ3v) is 2.84. The second-order valence-electron chi connectivity index (χ2n) is 3.21. The molecular weight excluding hydrogens is 186 g/mol. The Balaban J connectivity index is 1.72. The SMILES string of the molecule is c1nnc(OCC2CCNCC2)s1. The van der Waals surface area contributed by atoms with Gasteiger partial charge in [0, 0.05) is 0 Å². The number of nitrogens with zero attached hydrogens (tertiary/aromatic N) is 2. The standard InChI is InChI=1S/C8H13N3OS/c1-3-9-4-2-7(1)5-12-8-11-10-6-13-8/h6-7,9H,1-5H2. The minimum absolute atomic E-state index is 0.685. The van der Waals surface area contributed by atoms with Crippen molar-refractivity contribution >= 4 is 11.3 Å². The summed E-state index contributed by atoms with van der Waals surface area (Å²) in [6.07, 6.45) is 2.41. The van der Waals surface area contributed by atoms with E-state index >= 15 is 0 Å². The molecule has 0 spiro atoms. The van der Waals surface area contributed by atoms with E-state index in [2.05, 4.69) is 15.5 Å². The first-order valence-electron chi connectivity index (χ1n) is 4.55. The molecule has 4 nitrogen and oxygen atoms in total. The first-order valence-corrected chi connectivity index (χ1v) is 5.43. The Morgan fingerprint density at radius 1 is 1.54 bits per heavy atom. The molecule has 0 radical (unpaired) electrons. The van der Waals surface area contributed by atoms with Crippen LogP contribution in [0.15, 0.2) is 5.51 Å². The average molecular weight is 199 g/mol. The summed E-state index contributed by atoms with van der Waals surface area (Å²) in [5.41, 5.74) is 1.69. The quantitative estimate of drug-likeness (QED) is 0.786. The Morgan fingerprint density at radius 2 is 2.38 bits per heavy atom. The van der Waals surface area contributed by atoms with Crippen molar-refractivity contribution in [2.75, 3.05) is 19.7 Å². The summed E-state index contributed by atoms with van der Waals surface area (Å²) in [5.74, 6) is 0.685. The lowest BCUT2D eigenvalue weighted by atomic mass is 9.99. The van der Waals surface area contributed by atoms with Crippen molar-refractivity contribution in [3.8, 4) is 5.19 Å². The molecule has 1 aromatic rings. The zero-order valence-electron chi connectivity index (χ0n) is 7.40. The minimum Gasteiger partial charge on any atom is -0.469 e. The van der Waals surface area contributed by atoms with Crippen molar-refractivity contribution in [3.63, 3.8) is 0 Å². The molecule has 1 fully saturated rings. The second kappa shape index (κ2) is 4.53. The van der Waals surface area contributed by atoms with Crippen LogP contribution < -0.4 is 10.1 Å². The highest BCUT2D eigenvalue weighted by Crippen LogP contribution is 2.16. The van der Waals surface area contributed by atoms with Gasteiger partial charge in [0.2, 0.25) is 0 Å². The van der Waals surface area contributed by atoms with E-state index < -0.39 is 0 Å². The molecule has 2 rings (SSSR count). The van der Waals surface area contributed by atoms with Crippen LogP contribution in [0.5, 0.6) is 5.19 Å². The topological polar surface area (TPSA) is 47.0 Å². The van der Waals surface area contributed by atoms with Crippen molar-refractivity contribution in [3.05, 3.63) is 5.51 Å². The highest BCUT2D eigenvalue weighted by Gasteiger charge is 2.13. The number of ether oxygens (including phenoxy) is 1. The summed E-state index contributed by atoms with van der Waals surface area (Å²) in [5, 5.41) is 11.6. The molecule has 0 aromatic carbocycles. The monoisotopic (exact) mass is 199 g/mol. The van der Waals surface area contributed by atoms with Crippen molar-refractivity contribution in [2.45, 2.75) is 12.8 Å². The Kier molecular flexibility index (Phi) is 3.10. The van der Waals surface area contributed by atoms with Crippen LogP contribution in [0, 0.1) is 5.92 Å². The summed E-state index contributed by atoms with van der Waals surface area (Å²) in [6, 6.07) is 0. The van der Waals surface area contributed by atoms with Crippen LogP contribution in [0.4, 0.5) is 0 Å². The van der Waals surface area contributed by atoms with Gasteiger partial charge in [0.25, 0.3) is 5.19 Å². The number of rotatable bonds is 3. The summed E-state index contributed by atoms with van der Waals surface area (Å²) >= 11 is 1.45. The predicted molar refractivity (Wildman–Crippen MR) is 51.0 cm³/mol. The molecule has 2 heterocycles. The van der Waals surface area contributed by atoms with E-state index in [4.69, 9.17) is 4.74 Å². The lowest BCUT2D eigenvalue weighted by Crippen LogP contribution is -2.30. The molecule has 0 atom stereocenters. The molecule has 1 N–H and O–H groups in total. The van der Waals surface area contributed by atoms with Gasteiger partial charge in [-0.15, -0.1) is 10.2 Å². The number of hydrogen-bond acceptors (Lipinski definition) is 5. The van der Waals surface area contributed by atoms with E-state index in [0.717, 1.165) is 19.7 Å². The number of aromatic nitrogens is 2. The summed E-state index contributed by atoms with van der Waals surface area (Å²) < 4.78 is 5.50. The number of piperidine rings is 1. The molecule has 0 saturated carbocycles. The van der Waals surface area contributed by atoms with Gasteiger partial charge in [0.15, 0.2) is 0 Å². The Hall–Kier alpha value is -0.680. The van der Waals surface area contributed by atoms with Gasteiger partial charge in [-0.05, 0) is 31.8 Å². The molecule has 0 bridgehead atoms. The molecule has 1 aliphatic rings. The molecular formula is C8H13N3OS. The zero-order valence-corrected chi connectivity index (χ0v) is 8.22. The van der Waals surface area contributed by atoms with E-state index in [1.165, 1.54) is 24.2 Å². The molecule has 72 valence electrons. The third-order valence-electron chi connectivity index (χ3n) is 2.24. The fourth-order valence-corrected chi connectivity index (χ4v) is 1.88. The predicted octanol–water partition coefficient (Wildman–Crippen LogP) is 0.916. The molecule has 0 aliphatic carbocycles. The van der Waals surface area contributed by atoms with Gasteiger partial charge < -0.3 is 10.1 Å². The van der Waals surface area contributed by atoms with Crippen molar-refractivity contribution in [1.82, 2.24) is 15.5 Å². The van der Waals surface area contributed by atoms with Gasteiger partial charge in [0.1, 0.15) is 5.51 Å². The van der Waals surface area contributed by atoms with E-state index in [9.17, 15) is 0 Å². The molecule has 1 aromatic heterocycles. The lowest BCUT2D eigenvalue weighted by Gasteiger charge is -2.21. The summed E-state index contributed by atoms with van der Waals surface area (Å²) in [6.45, 7) is 3.02. The molecule has 13 heavy (non-hydrogen) atoms. The number of hydrogen-bond donors (Lipinski definition) is 1. The van der Waals surface area contributed by atoms with Gasteiger partial charge in [-0.25, -0.2) is 0 Å². The summed E-state index contributed by atoms with van der Waals surface area (Å²) in [7, 11) is 0. The number of nitrogens with one attached hydrogen (secondary N) is 1. The van der Waals surface area contributed by atoms with Crippen LogP contribution in [0.2, 0.25) is 0 Å². The van der Waals surface area contributed by atoms with Gasteiger partial charge in [-0.3, -0.25) is 0 Å². The van der Waals surface area contributed by atoms with E-state index in [-0.39, 0.29) is 0 Å². The Morgan fingerprint density at radius 3 is 3.08 bits per heavy atom. The van der Waals surface area contributed by atoms with Crippen LogP contribution in [0.3, 0.4) is 0 Å². The molecule has 0 amide bonds. The Bertz CT molecular complexity index is 234. The maximum absolute atomic E-state index is 5.50. The maximum atomic E-state index is 5.50.